The second kappa shape index (κ2) is 6.01. The molecule has 0 radical (unpaired) electrons. The Morgan fingerprint density at radius 2 is 1.54 bits per heavy atom. The molecular weight excluding hydrogens is 302 g/mol. The molecule has 5 rings (SSSR count). The van der Waals surface area contributed by atoms with Gasteiger partial charge in [0.1, 0.15) is 0 Å². The number of carbonyl (C=O) groups excluding carboxylic acids is 2. The Kier molecular flexibility index (Phi) is 4.10. The lowest BCUT2D eigenvalue weighted by atomic mass is 9.53. The van der Waals surface area contributed by atoms with Crippen LogP contribution in [0.2, 0.25) is 0 Å². The first-order chi connectivity index (χ1) is 11.4. The lowest BCUT2D eigenvalue weighted by Gasteiger charge is -2.57. The molecule has 0 aromatic heterocycles. The molecule has 1 atom stereocenters. The summed E-state index contributed by atoms with van der Waals surface area (Å²) in [7, 11) is 0. The fraction of sp³-hybridized carbons (Fsp3) is 0.895. The minimum absolute atomic E-state index is 0.0142. The number of carbonyl (C=O) groups is 2. The number of hydrogen-bond donors (Lipinski definition) is 2. The first kappa shape index (κ1) is 16.4. The third-order valence-corrected chi connectivity index (χ3v) is 7.29. The molecule has 5 nitrogen and oxygen atoms in total. The molecule has 1 aliphatic heterocycles. The Balaban J connectivity index is 1.35. The van der Waals surface area contributed by atoms with Gasteiger partial charge in [-0.05, 0) is 89.1 Å². The highest BCUT2D eigenvalue weighted by molar-refractivity contribution is 5.82. The standard InChI is InChI=1S/C19H31N3O2/c1-12(22-4-2-16(3-5-22)17(20)23)18(24)21-19-9-13-6-14(10-19)8-15(7-13)11-19/h12-16H,2-11H2,1H3,(H2,20,23)(H,21,24). The quantitative estimate of drug-likeness (QED) is 0.821. The summed E-state index contributed by atoms with van der Waals surface area (Å²) in [5, 5.41) is 3.48. The Hall–Kier alpha value is -1.10. The molecule has 3 N–H and O–H groups in total. The van der Waals surface area contributed by atoms with Crippen LogP contribution in [0.1, 0.15) is 58.3 Å². The first-order valence-corrected chi connectivity index (χ1v) is 9.79. The minimum Gasteiger partial charge on any atom is -0.369 e. The zero-order chi connectivity index (χ0) is 16.9. The van der Waals surface area contributed by atoms with Gasteiger partial charge >= 0.3 is 0 Å². The average molecular weight is 333 g/mol. The molecule has 5 fully saturated rings. The Morgan fingerprint density at radius 3 is 2.00 bits per heavy atom. The van der Waals surface area contributed by atoms with E-state index in [1.165, 1.54) is 38.5 Å². The van der Waals surface area contributed by atoms with Crippen molar-refractivity contribution in [1.29, 1.82) is 0 Å². The molecule has 4 saturated carbocycles. The van der Waals surface area contributed by atoms with E-state index in [1.807, 2.05) is 6.92 Å². The van der Waals surface area contributed by atoms with Crippen LogP contribution < -0.4 is 11.1 Å². The van der Waals surface area contributed by atoms with Crippen LogP contribution in [-0.4, -0.2) is 41.4 Å². The van der Waals surface area contributed by atoms with Crippen molar-refractivity contribution in [3.8, 4) is 0 Å². The van der Waals surface area contributed by atoms with Crippen molar-refractivity contribution in [3.05, 3.63) is 0 Å². The highest BCUT2D eigenvalue weighted by Gasteiger charge is 2.51. The summed E-state index contributed by atoms with van der Waals surface area (Å²) in [4.78, 5) is 26.4. The SMILES string of the molecule is CC(C(=O)NC12CC3CC(CC(C3)C1)C2)N1CCC(C(N)=O)CC1. The van der Waals surface area contributed by atoms with Crippen molar-refractivity contribution >= 4 is 11.8 Å². The van der Waals surface area contributed by atoms with Gasteiger partial charge in [-0.25, -0.2) is 0 Å². The number of nitrogens with zero attached hydrogens (tertiary/aromatic N) is 1. The molecule has 0 aromatic carbocycles. The predicted molar refractivity (Wildman–Crippen MR) is 92.0 cm³/mol. The Bertz CT molecular complexity index is 489. The third-order valence-electron chi connectivity index (χ3n) is 7.29. The molecule has 2 amide bonds. The molecule has 1 heterocycles. The Labute approximate surface area is 144 Å². The fourth-order valence-electron chi connectivity index (χ4n) is 6.37. The summed E-state index contributed by atoms with van der Waals surface area (Å²) < 4.78 is 0. The van der Waals surface area contributed by atoms with Gasteiger partial charge in [0.15, 0.2) is 0 Å². The fourth-order valence-corrected chi connectivity index (χ4v) is 6.37. The van der Waals surface area contributed by atoms with E-state index in [9.17, 15) is 9.59 Å². The topological polar surface area (TPSA) is 75.4 Å². The number of piperidine rings is 1. The van der Waals surface area contributed by atoms with Crippen LogP contribution in [0, 0.1) is 23.7 Å². The van der Waals surface area contributed by atoms with E-state index in [-0.39, 0.29) is 29.3 Å². The molecule has 4 aliphatic carbocycles. The first-order valence-electron chi connectivity index (χ1n) is 9.79. The predicted octanol–water partition coefficient (Wildman–Crippen LogP) is 1.66. The van der Waals surface area contributed by atoms with Gasteiger partial charge in [0.25, 0.3) is 0 Å². The van der Waals surface area contributed by atoms with Crippen molar-refractivity contribution in [3.63, 3.8) is 0 Å². The molecule has 4 bridgehead atoms. The van der Waals surface area contributed by atoms with Crippen molar-refractivity contribution in [1.82, 2.24) is 10.2 Å². The number of rotatable bonds is 4. The smallest absolute Gasteiger partial charge is 0.237 e. The monoisotopic (exact) mass is 333 g/mol. The molecule has 0 aromatic rings. The third kappa shape index (κ3) is 2.96. The minimum atomic E-state index is -0.194. The van der Waals surface area contributed by atoms with E-state index in [4.69, 9.17) is 5.73 Å². The van der Waals surface area contributed by atoms with E-state index >= 15 is 0 Å². The number of likely N-dealkylation sites (tertiary alicyclic amines) is 1. The van der Waals surface area contributed by atoms with Gasteiger partial charge in [-0.2, -0.15) is 0 Å². The molecule has 1 unspecified atom stereocenters. The maximum atomic E-state index is 12.9. The maximum Gasteiger partial charge on any atom is 0.237 e. The summed E-state index contributed by atoms with van der Waals surface area (Å²) >= 11 is 0. The molecular formula is C19H31N3O2. The largest absolute Gasteiger partial charge is 0.369 e. The van der Waals surface area contributed by atoms with Gasteiger partial charge in [-0.1, -0.05) is 0 Å². The number of amides is 2. The molecule has 24 heavy (non-hydrogen) atoms. The number of nitrogens with two attached hydrogens (primary N) is 1. The molecule has 0 spiro atoms. The van der Waals surface area contributed by atoms with Gasteiger partial charge in [-0.3, -0.25) is 14.5 Å². The number of nitrogens with one attached hydrogen (secondary N) is 1. The van der Waals surface area contributed by atoms with Crippen LogP contribution in [-0.2, 0) is 9.59 Å². The van der Waals surface area contributed by atoms with Gasteiger partial charge in [-0.15, -0.1) is 0 Å². The molecule has 134 valence electrons. The van der Waals surface area contributed by atoms with Crippen molar-refractivity contribution in [2.24, 2.45) is 29.4 Å². The number of hydrogen-bond acceptors (Lipinski definition) is 3. The van der Waals surface area contributed by atoms with Crippen LogP contribution in [0.4, 0.5) is 0 Å². The van der Waals surface area contributed by atoms with Crippen LogP contribution in [0.15, 0.2) is 0 Å². The zero-order valence-corrected chi connectivity index (χ0v) is 14.8. The molecule has 5 aliphatic rings. The second-order valence-corrected chi connectivity index (χ2v) is 9.08. The van der Waals surface area contributed by atoms with E-state index in [0.29, 0.717) is 0 Å². The highest BCUT2D eigenvalue weighted by Crippen LogP contribution is 2.55. The van der Waals surface area contributed by atoms with Crippen LogP contribution >= 0.6 is 0 Å². The normalized spacial score (nSPS) is 40.5. The highest BCUT2D eigenvalue weighted by atomic mass is 16.2. The van der Waals surface area contributed by atoms with Gasteiger partial charge in [0.2, 0.25) is 11.8 Å². The van der Waals surface area contributed by atoms with Crippen LogP contribution in [0.3, 0.4) is 0 Å². The van der Waals surface area contributed by atoms with Crippen molar-refractivity contribution < 1.29 is 9.59 Å². The second-order valence-electron chi connectivity index (χ2n) is 9.08. The van der Waals surface area contributed by atoms with Gasteiger partial charge < -0.3 is 11.1 Å². The Morgan fingerprint density at radius 1 is 1.04 bits per heavy atom. The summed E-state index contributed by atoms with van der Waals surface area (Å²) in [5.41, 5.74) is 5.50. The maximum absolute atomic E-state index is 12.9. The molecule has 5 heteroatoms. The summed E-state index contributed by atoms with van der Waals surface area (Å²) in [5.74, 6) is 2.52. The average Bonchev–Trinajstić information content (AvgIpc) is 2.52. The van der Waals surface area contributed by atoms with Gasteiger partial charge in [0, 0.05) is 11.5 Å². The number of primary amides is 1. The van der Waals surface area contributed by atoms with E-state index in [0.717, 1.165) is 43.7 Å². The van der Waals surface area contributed by atoms with Crippen LogP contribution in [0.25, 0.3) is 0 Å². The lowest BCUT2D eigenvalue weighted by molar-refractivity contribution is -0.132. The van der Waals surface area contributed by atoms with E-state index in [2.05, 4.69) is 10.2 Å². The van der Waals surface area contributed by atoms with Crippen molar-refractivity contribution in [2.45, 2.75) is 69.9 Å². The van der Waals surface area contributed by atoms with E-state index in [1.54, 1.807) is 0 Å². The summed E-state index contributed by atoms with van der Waals surface area (Å²) in [6.45, 7) is 3.60. The lowest BCUT2D eigenvalue weighted by Crippen LogP contribution is -2.62. The molecule has 1 saturated heterocycles. The van der Waals surface area contributed by atoms with Crippen LogP contribution in [0.5, 0.6) is 0 Å². The van der Waals surface area contributed by atoms with Crippen molar-refractivity contribution in [2.75, 3.05) is 13.1 Å². The summed E-state index contributed by atoms with van der Waals surface area (Å²) in [6.07, 6.45) is 9.33. The van der Waals surface area contributed by atoms with E-state index < -0.39 is 0 Å². The zero-order valence-electron chi connectivity index (χ0n) is 14.8. The van der Waals surface area contributed by atoms with Gasteiger partial charge in [0.05, 0.1) is 6.04 Å². The summed E-state index contributed by atoms with van der Waals surface area (Å²) in [6, 6.07) is -0.105.